The molecule has 138 valence electrons. The summed E-state index contributed by atoms with van der Waals surface area (Å²) in [6.07, 6.45) is -0.739. The number of benzene rings is 2. The first-order valence-electron chi connectivity index (χ1n) is 7.95. The molecule has 0 bridgehead atoms. The number of hydrogen-bond donors (Lipinski definition) is 2. The van der Waals surface area contributed by atoms with Crippen LogP contribution in [0.25, 0.3) is 0 Å². The van der Waals surface area contributed by atoms with Crippen LogP contribution in [-0.4, -0.2) is 17.6 Å². The van der Waals surface area contributed by atoms with Gasteiger partial charge in [-0.1, -0.05) is 23.7 Å². The molecule has 0 aromatic heterocycles. The normalized spacial score (nSPS) is 12.2. The summed E-state index contributed by atoms with van der Waals surface area (Å²) in [5.41, 5.74) is 0.175. The van der Waals surface area contributed by atoms with E-state index in [1.807, 2.05) is 0 Å². The molecule has 0 saturated heterocycles. The minimum absolute atomic E-state index is 0.398. The summed E-state index contributed by atoms with van der Waals surface area (Å²) in [5, 5.41) is 5.60. The van der Waals surface area contributed by atoms with Gasteiger partial charge in [-0.3, -0.25) is 4.79 Å². The molecule has 2 aromatic rings. The zero-order valence-corrected chi connectivity index (χ0v) is 15.4. The van der Waals surface area contributed by atoms with Gasteiger partial charge in [0.2, 0.25) is 0 Å². The summed E-state index contributed by atoms with van der Waals surface area (Å²) < 4.78 is 18.2. The van der Waals surface area contributed by atoms with Gasteiger partial charge in [0.1, 0.15) is 17.5 Å². The second kappa shape index (κ2) is 8.19. The minimum atomic E-state index is -1.03. The molecular weight excluding hydrogens is 359 g/mol. The molecule has 0 spiro atoms. The Morgan fingerprint density at radius 3 is 2.35 bits per heavy atom. The van der Waals surface area contributed by atoms with Crippen molar-refractivity contribution >= 4 is 29.3 Å². The van der Waals surface area contributed by atoms with Crippen LogP contribution in [0.2, 0.25) is 5.02 Å². The van der Waals surface area contributed by atoms with Crippen molar-refractivity contribution in [1.82, 2.24) is 5.32 Å². The largest absolute Gasteiger partial charge is 0.444 e. The van der Waals surface area contributed by atoms with E-state index in [0.717, 1.165) is 0 Å². The van der Waals surface area contributed by atoms with Crippen molar-refractivity contribution in [1.29, 1.82) is 0 Å². The molecule has 2 aromatic carbocycles. The molecule has 2 N–H and O–H groups in total. The van der Waals surface area contributed by atoms with Crippen molar-refractivity contribution in [2.24, 2.45) is 0 Å². The molecule has 26 heavy (non-hydrogen) atoms. The number of nitrogens with one attached hydrogen (secondary N) is 2. The zero-order chi connectivity index (χ0) is 19.3. The van der Waals surface area contributed by atoms with Gasteiger partial charge in [-0.25, -0.2) is 9.18 Å². The highest BCUT2D eigenvalue weighted by Crippen LogP contribution is 2.21. The Bertz CT molecular complexity index is 788. The predicted molar refractivity (Wildman–Crippen MR) is 98.6 cm³/mol. The van der Waals surface area contributed by atoms with Crippen molar-refractivity contribution in [3.05, 3.63) is 64.9 Å². The quantitative estimate of drug-likeness (QED) is 0.811. The van der Waals surface area contributed by atoms with Crippen LogP contribution >= 0.6 is 11.6 Å². The van der Waals surface area contributed by atoms with Gasteiger partial charge < -0.3 is 15.4 Å². The van der Waals surface area contributed by atoms with Gasteiger partial charge in [-0.2, -0.15) is 0 Å². The maximum Gasteiger partial charge on any atom is 0.408 e. The first-order valence-corrected chi connectivity index (χ1v) is 8.33. The number of carbonyl (C=O) groups excluding carboxylic acids is 2. The molecule has 0 heterocycles. The molecule has 0 aliphatic rings. The van der Waals surface area contributed by atoms with Crippen molar-refractivity contribution in [2.75, 3.05) is 5.32 Å². The lowest BCUT2D eigenvalue weighted by Gasteiger charge is -2.23. The van der Waals surface area contributed by atoms with Gasteiger partial charge in [-0.05, 0) is 62.7 Å². The van der Waals surface area contributed by atoms with Crippen LogP contribution in [0, 0.1) is 5.82 Å². The van der Waals surface area contributed by atoms with E-state index in [2.05, 4.69) is 10.6 Å². The molecule has 0 aliphatic heterocycles. The zero-order valence-electron chi connectivity index (χ0n) is 14.7. The number of rotatable bonds is 4. The van der Waals surface area contributed by atoms with Crippen molar-refractivity contribution in [3.8, 4) is 0 Å². The molecule has 2 amide bonds. The van der Waals surface area contributed by atoms with Gasteiger partial charge >= 0.3 is 6.09 Å². The van der Waals surface area contributed by atoms with Crippen LogP contribution in [0.4, 0.5) is 14.9 Å². The lowest BCUT2D eigenvalue weighted by molar-refractivity contribution is -0.118. The van der Waals surface area contributed by atoms with Crippen molar-refractivity contribution in [3.63, 3.8) is 0 Å². The van der Waals surface area contributed by atoms with E-state index in [1.165, 1.54) is 24.3 Å². The van der Waals surface area contributed by atoms with Crippen LogP contribution in [-0.2, 0) is 9.53 Å². The molecule has 0 saturated carbocycles. The lowest BCUT2D eigenvalue weighted by atomic mass is 10.1. The fourth-order valence-corrected chi connectivity index (χ4v) is 2.36. The van der Waals surface area contributed by atoms with Crippen molar-refractivity contribution < 1.29 is 18.7 Å². The fraction of sp³-hybridized carbons (Fsp3) is 0.263. The maximum atomic E-state index is 13.0. The summed E-state index contributed by atoms with van der Waals surface area (Å²) in [6.45, 7) is 5.17. The molecule has 7 heteroatoms. The number of ether oxygens (including phenoxy) is 1. The van der Waals surface area contributed by atoms with Crippen LogP contribution < -0.4 is 10.6 Å². The average Bonchev–Trinajstić information content (AvgIpc) is 2.53. The summed E-state index contributed by atoms with van der Waals surface area (Å²) in [7, 11) is 0. The molecule has 0 fully saturated rings. The van der Waals surface area contributed by atoms with E-state index in [1.54, 1.807) is 45.0 Å². The average molecular weight is 379 g/mol. The highest BCUT2D eigenvalue weighted by molar-refractivity contribution is 6.30. The maximum absolute atomic E-state index is 13.0. The van der Waals surface area contributed by atoms with Gasteiger partial charge in [0, 0.05) is 10.7 Å². The van der Waals surface area contributed by atoms with Gasteiger partial charge in [0.05, 0.1) is 0 Å². The number of carbonyl (C=O) groups is 2. The highest BCUT2D eigenvalue weighted by Gasteiger charge is 2.26. The molecule has 1 unspecified atom stereocenters. The number of hydrogen-bond acceptors (Lipinski definition) is 3. The summed E-state index contributed by atoms with van der Waals surface area (Å²) >= 11 is 6.00. The number of amides is 2. The van der Waals surface area contributed by atoms with Gasteiger partial charge in [0.25, 0.3) is 5.91 Å². The van der Waals surface area contributed by atoms with Gasteiger partial charge in [0.15, 0.2) is 0 Å². The summed E-state index contributed by atoms with van der Waals surface area (Å²) in [6, 6.07) is 10.8. The van der Waals surface area contributed by atoms with Crippen LogP contribution in [0.15, 0.2) is 48.5 Å². The topological polar surface area (TPSA) is 67.4 Å². The Kier molecular flexibility index (Phi) is 6.21. The van der Waals surface area contributed by atoms with E-state index >= 15 is 0 Å². The third kappa shape index (κ3) is 6.04. The number of anilines is 1. The lowest BCUT2D eigenvalue weighted by Crippen LogP contribution is -2.40. The SMILES string of the molecule is CC(C)(C)OC(=O)NC(C(=O)Nc1ccc(F)cc1)c1cccc(Cl)c1. The Hall–Kier alpha value is -2.60. The summed E-state index contributed by atoms with van der Waals surface area (Å²) in [5.74, 6) is -0.925. The fourth-order valence-electron chi connectivity index (χ4n) is 2.16. The minimum Gasteiger partial charge on any atom is -0.444 e. The number of alkyl carbamates (subject to hydrolysis) is 1. The van der Waals surface area contributed by atoms with E-state index < -0.39 is 29.5 Å². The van der Waals surface area contributed by atoms with E-state index in [-0.39, 0.29) is 0 Å². The number of halogens is 2. The van der Waals surface area contributed by atoms with E-state index in [4.69, 9.17) is 16.3 Å². The standard InChI is InChI=1S/C19H20ClFN2O3/c1-19(2,3)26-18(25)23-16(12-5-4-6-13(20)11-12)17(24)22-15-9-7-14(21)8-10-15/h4-11,16H,1-3H3,(H,22,24)(H,23,25). The van der Waals surface area contributed by atoms with Crippen molar-refractivity contribution in [2.45, 2.75) is 32.4 Å². The Balaban J connectivity index is 2.23. The Labute approximate surface area is 156 Å². The third-order valence-corrected chi connectivity index (χ3v) is 3.45. The third-order valence-electron chi connectivity index (χ3n) is 3.22. The predicted octanol–water partition coefficient (Wildman–Crippen LogP) is 4.68. The van der Waals surface area contributed by atoms with E-state index in [0.29, 0.717) is 16.3 Å². The summed E-state index contributed by atoms with van der Waals surface area (Å²) in [4.78, 5) is 24.8. The van der Waals surface area contributed by atoms with Crippen LogP contribution in [0.5, 0.6) is 0 Å². The first kappa shape index (κ1) is 19.7. The van der Waals surface area contributed by atoms with Gasteiger partial charge in [-0.15, -0.1) is 0 Å². The molecular formula is C19H20ClFN2O3. The molecule has 0 aliphatic carbocycles. The Morgan fingerprint density at radius 1 is 1.12 bits per heavy atom. The monoisotopic (exact) mass is 378 g/mol. The van der Waals surface area contributed by atoms with Crippen LogP contribution in [0.1, 0.15) is 32.4 Å². The smallest absolute Gasteiger partial charge is 0.408 e. The van der Waals surface area contributed by atoms with Crippen LogP contribution in [0.3, 0.4) is 0 Å². The molecule has 2 rings (SSSR count). The van der Waals surface area contributed by atoms with E-state index in [9.17, 15) is 14.0 Å². The highest BCUT2D eigenvalue weighted by atomic mass is 35.5. The molecule has 1 atom stereocenters. The second-order valence-corrected chi connectivity index (χ2v) is 7.07. The molecule has 0 radical (unpaired) electrons. The Morgan fingerprint density at radius 2 is 1.77 bits per heavy atom. The first-order chi connectivity index (χ1) is 12.1. The second-order valence-electron chi connectivity index (χ2n) is 6.63. The molecule has 5 nitrogen and oxygen atoms in total.